The van der Waals surface area contributed by atoms with Crippen molar-refractivity contribution >= 4 is 17.8 Å². The van der Waals surface area contributed by atoms with Crippen LogP contribution in [0, 0.1) is 17.2 Å². The standard InChI is InChI=1S/C19H21FN2O5/c1-26-14-4-3-10(7-12(14)20)16(23)21-15-11-8-13(15)22(9-11)17(24)19(5-6-19)18(25)27-2/h3-4,7,11,13,15H,5-6,8-9H2,1-2H3,(H,21,23)/t11-,13-,15+/m0/s1. The van der Waals surface area contributed by atoms with Crippen molar-refractivity contribution < 1.29 is 28.2 Å². The topological polar surface area (TPSA) is 84.9 Å². The number of hydrogen-bond donors (Lipinski definition) is 1. The van der Waals surface area contributed by atoms with Crippen LogP contribution in [0.15, 0.2) is 18.2 Å². The first-order chi connectivity index (χ1) is 12.9. The lowest BCUT2D eigenvalue weighted by molar-refractivity contribution is -0.156. The van der Waals surface area contributed by atoms with Gasteiger partial charge in [-0.15, -0.1) is 0 Å². The first-order valence-electron chi connectivity index (χ1n) is 8.95. The minimum atomic E-state index is -1.03. The molecular formula is C19H21FN2O5. The molecule has 1 aromatic carbocycles. The number of hydrogen-bond acceptors (Lipinski definition) is 5. The van der Waals surface area contributed by atoms with E-state index < -0.39 is 17.2 Å². The minimum absolute atomic E-state index is 0.0737. The number of ether oxygens (including phenoxy) is 2. The molecule has 27 heavy (non-hydrogen) atoms. The molecule has 2 heterocycles. The monoisotopic (exact) mass is 376 g/mol. The highest BCUT2D eigenvalue weighted by Crippen LogP contribution is 2.52. The van der Waals surface area contributed by atoms with Gasteiger partial charge in [-0.3, -0.25) is 14.4 Å². The summed E-state index contributed by atoms with van der Waals surface area (Å²) in [5.41, 5.74) is -0.828. The van der Waals surface area contributed by atoms with E-state index in [1.54, 1.807) is 4.90 Å². The summed E-state index contributed by atoms with van der Waals surface area (Å²) in [5, 5.41) is 2.90. The Hall–Kier alpha value is -2.64. The van der Waals surface area contributed by atoms with Gasteiger partial charge in [-0.2, -0.15) is 0 Å². The fourth-order valence-electron chi connectivity index (χ4n) is 4.21. The number of fused-ring (bicyclic) bond motifs is 1. The van der Waals surface area contributed by atoms with Gasteiger partial charge in [0.05, 0.1) is 26.3 Å². The largest absolute Gasteiger partial charge is 0.494 e. The maximum absolute atomic E-state index is 13.8. The predicted octanol–water partition coefficient (Wildman–Crippen LogP) is 1.12. The van der Waals surface area contributed by atoms with Crippen molar-refractivity contribution in [2.45, 2.75) is 31.3 Å². The number of amides is 2. The lowest BCUT2D eigenvalue weighted by Gasteiger charge is -2.37. The lowest BCUT2D eigenvalue weighted by Crippen LogP contribution is -2.56. The molecule has 0 aromatic heterocycles. The molecule has 2 saturated heterocycles. The Morgan fingerprint density at radius 3 is 2.59 bits per heavy atom. The molecule has 8 heteroatoms. The van der Waals surface area contributed by atoms with Crippen LogP contribution in [-0.4, -0.2) is 55.5 Å². The van der Waals surface area contributed by atoms with Gasteiger partial charge in [0.15, 0.2) is 11.6 Å². The number of nitrogens with zero attached hydrogens (tertiary/aromatic N) is 1. The molecule has 0 spiro atoms. The second-order valence-corrected chi connectivity index (χ2v) is 7.44. The number of carbonyl (C=O) groups excluding carboxylic acids is 3. The zero-order valence-electron chi connectivity index (χ0n) is 15.2. The highest BCUT2D eigenvalue weighted by atomic mass is 19.1. The van der Waals surface area contributed by atoms with Crippen LogP contribution in [-0.2, 0) is 14.3 Å². The molecule has 144 valence electrons. The molecule has 4 fully saturated rings. The predicted molar refractivity (Wildman–Crippen MR) is 91.5 cm³/mol. The van der Waals surface area contributed by atoms with Crippen LogP contribution in [0.3, 0.4) is 0 Å². The lowest BCUT2D eigenvalue weighted by atomic mass is 9.79. The molecule has 7 nitrogen and oxygen atoms in total. The summed E-state index contributed by atoms with van der Waals surface area (Å²) in [6.07, 6.45) is 1.81. The fraction of sp³-hybridized carbons (Fsp3) is 0.526. The van der Waals surface area contributed by atoms with E-state index in [-0.39, 0.29) is 41.1 Å². The van der Waals surface area contributed by atoms with Crippen molar-refractivity contribution in [3.05, 3.63) is 29.6 Å². The van der Waals surface area contributed by atoms with Crippen molar-refractivity contribution in [1.29, 1.82) is 0 Å². The van der Waals surface area contributed by atoms with Crippen molar-refractivity contribution in [2.75, 3.05) is 20.8 Å². The third kappa shape index (κ3) is 2.65. The van der Waals surface area contributed by atoms with Crippen LogP contribution in [0.2, 0.25) is 0 Å². The number of halogens is 1. The third-order valence-electron chi connectivity index (χ3n) is 6.01. The Kier molecular flexibility index (Phi) is 4.09. The maximum Gasteiger partial charge on any atom is 0.321 e. The Balaban J connectivity index is 1.43. The average Bonchev–Trinajstić information content (AvgIpc) is 3.25. The van der Waals surface area contributed by atoms with E-state index >= 15 is 0 Å². The minimum Gasteiger partial charge on any atom is -0.494 e. The van der Waals surface area contributed by atoms with Crippen molar-refractivity contribution in [1.82, 2.24) is 10.2 Å². The van der Waals surface area contributed by atoms with E-state index in [4.69, 9.17) is 9.47 Å². The van der Waals surface area contributed by atoms with E-state index in [2.05, 4.69) is 5.32 Å². The highest BCUT2D eigenvalue weighted by molar-refractivity contribution is 6.06. The average molecular weight is 376 g/mol. The van der Waals surface area contributed by atoms with Crippen LogP contribution in [0.5, 0.6) is 5.75 Å². The molecule has 0 unspecified atom stereocenters. The van der Waals surface area contributed by atoms with Crippen LogP contribution < -0.4 is 10.1 Å². The van der Waals surface area contributed by atoms with E-state index in [0.717, 1.165) is 12.5 Å². The van der Waals surface area contributed by atoms with Crippen molar-refractivity contribution in [3.63, 3.8) is 0 Å². The van der Waals surface area contributed by atoms with Gasteiger partial charge in [-0.25, -0.2) is 4.39 Å². The molecule has 2 bridgehead atoms. The molecule has 2 aliphatic heterocycles. The number of esters is 1. The first-order valence-corrected chi connectivity index (χ1v) is 8.95. The summed E-state index contributed by atoms with van der Waals surface area (Å²) >= 11 is 0. The molecule has 5 rings (SSSR count). The second kappa shape index (κ2) is 6.21. The molecule has 1 N–H and O–H groups in total. The molecule has 2 amide bonds. The molecule has 1 aromatic rings. The van der Waals surface area contributed by atoms with Crippen LogP contribution in [0.1, 0.15) is 29.6 Å². The molecule has 4 aliphatic rings. The number of methoxy groups -OCH3 is 2. The number of nitrogens with one attached hydrogen (secondary N) is 1. The summed E-state index contributed by atoms with van der Waals surface area (Å²) in [6.45, 7) is 0.518. The Labute approximate surface area is 155 Å². The van der Waals surface area contributed by atoms with Gasteiger partial charge >= 0.3 is 5.97 Å². The van der Waals surface area contributed by atoms with Gasteiger partial charge < -0.3 is 19.7 Å². The number of benzene rings is 1. The van der Waals surface area contributed by atoms with E-state index in [1.807, 2.05) is 0 Å². The highest BCUT2D eigenvalue weighted by Gasteiger charge is 2.64. The zero-order chi connectivity index (χ0) is 19.3. The van der Waals surface area contributed by atoms with Crippen molar-refractivity contribution in [3.8, 4) is 5.75 Å². The van der Waals surface area contributed by atoms with Crippen LogP contribution in [0.4, 0.5) is 4.39 Å². The second-order valence-electron chi connectivity index (χ2n) is 7.44. The molecule has 0 radical (unpaired) electrons. The van der Waals surface area contributed by atoms with Gasteiger partial charge in [0.1, 0.15) is 5.41 Å². The third-order valence-corrected chi connectivity index (χ3v) is 6.01. The van der Waals surface area contributed by atoms with Crippen LogP contribution in [0.25, 0.3) is 0 Å². The summed E-state index contributed by atoms with van der Waals surface area (Å²) in [7, 11) is 2.65. The van der Waals surface area contributed by atoms with Gasteiger partial charge in [0, 0.05) is 18.0 Å². The summed E-state index contributed by atoms with van der Waals surface area (Å²) in [6, 6.07) is 3.73. The SMILES string of the molecule is COC(=O)C1(C(=O)N2C[C@@H]3C[C@H]2[C@@H]3NC(=O)c2ccc(OC)c(F)c2)CC1. The van der Waals surface area contributed by atoms with Gasteiger partial charge in [-0.05, 0) is 37.5 Å². The molecule has 2 saturated carbocycles. The van der Waals surface area contributed by atoms with E-state index in [1.165, 1.54) is 26.4 Å². The smallest absolute Gasteiger partial charge is 0.321 e. The van der Waals surface area contributed by atoms with Crippen LogP contribution >= 0.6 is 0 Å². The Bertz CT molecular complexity index is 822. The number of carbonyl (C=O) groups is 3. The summed E-state index contributed by atoms with van der Waals surface area (Å²) in [4.78, 5) is 39.0. The van der Waals surface area contributed by atoms with Crippen molar-refractivity contribution in [2.24, 2.45) is 11.3 Å². The van der Waals surface area contributed by atoms with E-state index in [9.17, 15) is 18.8 Å². The quantitative estimate of drug-likeness (QED) is 0.615. The molecule has 3 atom stereocenters. The zero-order valence-corrected chi connectivity index (χ0v) is 15.2. The van der Waals surface area contributed by atoms with Gasteiger partial charge in [0.2, 0.25) is 5.91 Å². The molecule has 2 aliphatic carbocycles. The molecular weight excluding hydrogens is 355 g/mol. The Morgan fingerprint density at radius 2 is 2.00 bits per heavy atom. The van der Waals surface area contributed by atoms with E-state index in [0.29, 0.717) is 19.4 Å². The maximum atomic E-state index is 13.8. The summed E-state index contributed by atoms with van der Waals surface area (Å²) < 4.78 is 23.5. The summed E-state index contributed by atoms with van der Waals surface area (Å²) in [5.74, 6) is -1.45. The van der Waals surface area contributed by atoms with Gasteiger partial charge in [-0.1, -0.05) is 0 Å². The normalized spacial score (nSPS) is 26.8. The van der Waals surface area contributed by atoms with Gasteiger partial charge in [0.25, 0.3) is 5.91 Å². The fourth-order valence-corrected chi connectivity index (χ4v) is 4.21. The first kappa shape index (κ1) is 17.8. The Morgan fingerprint density at radius 1 is 1.26 bits per heavy atom. The number of rotatable bonds is 5.